The Kier molecular flexibility index (Phi) is 6.85. The first-order valence-corrected chi connectivity index (χ1v) is 10.00. The Bertz CT molecular complexity index is 1040. The van der Waals surface area contributed by atoms with Crippen LogP contribution in [0.5, 0.6) is 0 Å². The summed E-state index contributed by atoms with van der Waals surface area (Å²) in [5.74, 6) is -2.97. The van der Waals surface area contributed by atoms with Crippen LogP contribution in [0.15, 0.2) is 76.9 Å². The predicted octanol–water partition coefficient (Wildman–Crippen LogP) is 4.70. The van der Waals surface area contributed by atoms with Crippen molar-refractivity contribution in [2.75, 3.05) is 6.54 Å². The molecule has 1 aliphatic rings. The molecule has 154 valence electrons. The largest absolute Gasteiger partial charge is 0.481 e. The van der Waals surface area contributed by atoms with Crippen LogP contribution in [0.1, 0.15) is 30.9 Å². The zero-order valence-corrected chi connectivity index (χ0v) is 17.6. The molecule has 2 unspecified atom stereocenters. The lowest BCUT2D eigenvalue weighted by molar-refractivity contribution is -0.139. The van der Waals surface area contributed by atoms with Crippen LogP contribution in [0.3, 0.4) is 0 Å². The number of amides is 1. The highest BCUT2D eigenvalue weighted by molar-refractivity contribution is 6.30. The first-order valence-electron chi connectivity index (χ1n) is 9.62. The molecule has 30 heavy (non-hydrogen) atoms. The van der Waals surface area contributed by atoms with Gasteiger partial charge in [0.25, 0.3) is 0 Å². The van der Waals surface area contributed by atoms with Crippen molar-refractivity contribution in [2.45, 2.75) is 19.8 Å². The van der Waals surface area contributed by atoms with E-state index >= 15 is 0 Å². The predicted molar refractivity (Wildman–Crippen MR) is 120 cm³/mol. The standard InChI is InChI=1S/C24H23ClN2O3/c1-15-20(23(28)26-13-7-10-17-8-4-3-5-9-17)22(18-11-6-12-19(25)14-18)21(24(29)30)16(2)27-15/h3-12,14,21-22H,13H2,1-2H3,(H,26,28)(H,29,30). The third-order valence-electron chi connectivity index (χ3n) is 5.04. The Morgan fingerprint density at radius 2 is 1.87 bits per heavy atom. The van der Waals surface area contributed by atoms with Gasteiger partial charge in [-0.05, 0) is 37.1 Å². The summed E-state index contributed by atoms with van der Waals surface area (Å²) in [5.41, 5.74) is 3.03. The normalized spacial score (nSPS) is 19.0. The quantitative estimate of drug-likeness (QED) is 0.708. The fourth-order valence-electron chi connectivity index (χ4n) is 3.72. The van der Waals surface area contributed by atoms with Crippen LogP contribution in [0.4, 0.5) is 0 Å². The van der Waals surface area contributed by atoms with Crippen molar-refractivity contribution in [1.82, 2.24) is 5.32 Å². The summed E-state index contributed by atoms with van der Waals surface area (Å²) < 4.78 is 0. The van der Waals surface area contributed by atoms with Gasteiger partial charge in [0.2, 0.25) is 5.91 Å². The van der Waals surface area contributed by atoms with Gasteiger partial charge >= 0.3 is 5.97 Å². The third kappa shape index (κ3) is 4.86. The summed E-state index contributed by atoms with van der Waals surface area (Å²) in [6.45, 7) is 3.72. The van der Waals surface area contributed by atoms with E-state index in [0.717, 1.165) is 5.56 Å². The molecule has 0 saturated heterocycles. The molecule has 0 aromatic heterocycles. The number of carbonyl (C=O) groups excluding carboxylic acids is 1. The summed E-state index contributed by atoms with van der Waals surface area (Å²) in [5, 5.41) is 13.2. The van der Waals surface area contributed by atoms with Crippen molar-refractivity contribution in [3.63, 3.8) is 0 Å². The Morgan fingerprint density at radius 3 is 2.53 bits per heavy atom. The summed E-state index contributed by atoms with van der Waals surface area (Å²) in [6, 6.07) is 16.7. The number of carbonyl (C=O) groups is 2. The number of hydrogen-bond acceptors (Lipinski definition) is 3. The van der Waals surface area contributed by atoms with Crippen LogP contribution in [0.2, 0.25) is 5.02 Å². The molecule has 0 radical (unpaired) electrons. The molecule has 1 amide bonds. The Morgan fingerprint density at radius 1 is 1.13 bits per heavy atom. The molecule has 0 bridgehead atoms. The van der Waals surface area contributed by atoms with E-state index in [4.69, 9.17) is 11.6 Å². The fourth-order valence-corrected chi connectivity index (χ4v) is 3.92. The number of allylic oxidation sites excluding steroid dienone is 1. The van der Waals surface area contributed by atoms with Gasteiger partial charge in [0.05, 0.1) is 0 Å². The molecule has 2 aromatic rings. The Balaban J connectivity index is 1.88. The average molecular weight is 423 g/mol. The van der Waals surface area contributed by atoms with Crippen molar-refractivity contribution in [2.24, 2.45) is 10.9 Å². The van der Waals surface area contributed by atoms with Crippen molar-refractivity contribution in [3.8, 4) is 0 Å². The molecule has 1 aliphatic heterocycles. The van der Waals surface area contributed by atoms with Crippen molar-refractivity contribution in [1.29, 1.82) is 0 Å². The van der Waals surface area contributed by atoms with Crippen molar-refractivity contribution >= 4 is 35.3 Å². The number of nitrogens with one attached hydrogen (secondary N) is 1. The molecule has 5 nitrogen and oxygen atoms in total. The highest BCUT2D eigenvalue weighted by Gasteiger charge is 2.40. The minimum absolute atomic E-state index is 0.313. The number of rotatable bonds is 6. The average Bonchev–Trinajstić information content (AvgIpc) is 2.71. The molecular formula is C24H23ClN2O3. The smallest absolute Gasteiger partial charge is 0.313 e. The van der Waals surface area contributed by atoms with E-state index in [-0.39, 0.29) is 5.91 Å². The molecule has 3 rings (SSSR count). The van der Waals surface area contributed by atoms with Crippen LogP contribution in [-0.2, 0) is 9.59 Å². The van der Waals surface area contributed by atoms with Crippen molar-refractivity contribution in [3.05, 3.63) is 88.1 Å². The maximum absolute atomic E-state index is 13.1. The Hall–Kier alpha value is -3.18. The van der Waals surface area contributed by atoms with Gasteiger partial charge in [-0.15, -0.1) is 0 Å². The molecule has 0 fully saturated rings. The van der Waals surface area contributed by atoms with Gasteiger partial charge in [-0.25, -0.2) is 0 Å². The lowest BCUT2D eigenvalue weighted by atomic mass is 9.75. The second-order valence-electron chi connectivity index (χ2n) is 7.12. The first-order chi connectivity index (χ1) is 14.4. The van der Waals surface area contributed by atoms with Gasteiger partial charge in [-0.3, -0.25) is 14.6 Å². The van der Waals surface area contributed by atoms with Gasteiger partial charge in [0.1, 0.15) is 5.92 Å². The minimum atomic E-state index is -1.03. The molecule has 2 atom stereocenters. The highest BCUT2D eigenvalue weighted by Crippen LogP contribution is 2.39. The van der Waals surface area contributed by atoms with E-state index in [0.29, 0.717) is 34.1 Å². The van der Waals surface area contributed by atoms with E-state index in [1.807, 2.05) is 42.5 Å². The number of nitrogens with zero attached hydrogens (tertiary/aromatic N) is 1. The first kappa shape index (κ1) is 21.5. The van der Waals surface area contributed by atoms with Gasteiger partial charge in [-0.1, -0.05) is 66.2 Å². The summed E-state index contributed by atoms with van der Waals surface area (Å²) in [6.07, 6.45) is 3.77. The number of halogens is 1. The SMILES string of the molecule is CC1=NC(C)=C(C(=O)NCC=Cc2ccccc2)C(c2cccc(Cl)c2)C1C(=O)O. The maximum atomic E-state index is 13.1. The van der Waals surface area contributed by atoms with Gasteiger partial charge in [0, 0.05) is 34.5 Å². The number of aliphatic imine (C=N–C) groups is 1. The van der Waals surface area contributed by atoms with Gasteiger partial charge in [-0.2, -0.15) is 0 Å². The third-order valence-corrected chi connectivity index (χ3v) is 5.27. The van der Waals surface area contributed by atoms with E-state index in [1.54, 1.807) is 38.1 Å². The molecule has 1 heterocycles. The van der Waals surface area contributed by atoms with Crippen LogP contribution >= 0.6 is 11.6 Å². The monoisotopic (exact) mass is 422 g/mol. The number of carboxylic acid groups (broad SMARTS) is 1. The second-order valence-corrected chi connectivity index (χ2v) is 7.56. The maximum Gasteiger partial charge on any atom is 0.313 e. The fraction of sp³-hybridized carbons (Fsp3) is 0.208. The summed E-state index contributed by atoms with van der Waals surface area (Å²) in [7, 11) is 0. The number of carboxylic acids is 1. The zero-order chi connectivity index (χ0) is 21.7. The van der Waals surface area contributed by atoms with E-state index < -0.39 is 17.8 Å². The van der Waals surface area contributed by atoms with E-state index in [2.05, 4.69) is 10.3 Å². The molecule has 2 aromatic carbocycles. The van der Waals surface area contributed by atoms with Crippen LogP contribution in [0.25, 0.3) is 6.08 Å². The second kappa shape index (κ2) is 9.55. The van der Waals surface area contributed by atoms with E-state index in [1.165, 1.54) is 0 Å². The van der Waals surface area contributed by atoms with Crippen LogP contribution in [0, 0.1) is 5.92 Å². The molecule has 0 spiro atoms. The van der Waals surface area contributed by atoms with Gasteiger partial charge in [0.15, 0.2) is 0 Å². The molecule has 6 heteroatoms. The highest BCUT2D eigenvalue weighted by atomic mass is 35.5. The molecular weight excluding hydrogens is 400 g/mol. The number of benzene rings is 2. The molecule has 2 N–H and O–H groups in total. The topological polar surface area (TPSA) is 78.8 Å². The van der Waals surface area contributed by atoms with E-state index in [9.17, 15) is 14.7 Å². The zero-order valence-electron chi connectivity index (χ0n) is 16.8. The van der Waals surface area contributed by atoms with Gasteiger partial charge < -0.3 is 10.4 Å². The van der Waals surface area contributed by atoms with Crippen LogP contribution < -0.4 is 5.32 Å². The van der Waals surface area contributed by atoms with Crippen LogP contribution in [-0.4, -0.2) is 29.2 Å². The Labute approximate surface area is 180 Å². The summed E-state index contributed by atoms with van der Waals surface area (Å²) >= 11 is 6.15. The lowest BCUT2D eigenvalue weighted by Crippen LogP contribution is -2.38. The molecule has 0 saturated carbocycles. The lowest BCUT2D eigenvalue weighted by Gasteiger charge is -2.31. The summed E-state index contributed by atoms with van der Waals surface area (Å²) in [4.78, 5) is 29.5. The number of hydrogen-bond donors (Lipinski definition) is 2. The van der Waals surface area contributed by atoms with Crippen molar-refractivity contribution < 1.29 is 14.7 Å². The minimum Gasteiger partial charge on any atom is -0.481 e. The molecule has 0 aliphatic carbocycles. The number of aliphatic carboxylic acids is 1.